The SMILES string of the molecule is COc1ccc(/C=C/c2nc3c(SCc4ccccc4)ncnc3n2Cc2ccccc2)cc1OC. The highest BCUT2D eigenvalue weighted by atomic mass is 32.2. The second-order valence-electron chi connectivity index (χ2n) is 8.11. The molecule has 0 aliphatic heterocycles. The molecule has 0 aliphatic carbocycles. The minimum absolute atomic E-state index is 0.656. The van der Waals surface area contributed by atoms with E-state index in [9.17, 15) is 0 Å². The molecule has 0 amide bonds. The summed E-state index contributed by atoms with van der Waals surface area (Å²) < 4.78 is 13.0. The van der Waals surface area contributed by atoms with Crippen molar-refractivity contribution in [3.8, 4) is 11.5 Å². The smallest absolute Gasteiger partial charge is 0.165 e. The van der Waals surface area contributed by atoms with E-state index in [1.165, 1.54) is 11.1 Å². The summed E-state index contributed by atoms with van der Waals surface area (Å²) in [6.07, 6.45) is 5.66. The van der Waals surface area contributed by atoms with Gasteiger partial charge in [-0.15, -0.1) is 0 Å². The number of aromatic nitrogens is 4. The van der Waals surface area contributed by atoms with E-state index in [-0.39, 0.29) is 0 Å². The third-order valence-electron chi connectivity index (χ3n) is 5.76. The van der Waals surface area contributed by atoms with Gasteiger partial charge in [0.25, 0.3) is 0 Å². The van der Waals surface area contributed by atoms with E-state index in [0.29, 0.717) is 18.0 Å². The van der Waals surface area contributed by atoms with Gasteiger partial charge < -0.3 is 14.0 Å². The third kappa shape index (κ3) is 5.26. The lowest BCUT2D eigenvalue weighted by Gasteiger charge is -2.08. The monoisotopic (exact) mass is 494 g/mol. The predicted octanol–water partition coefficient (Wildman–Crippen LogP) is 6.35. The standard InChI is InChI=1S/C29H26N4O2S/c1-34-24-15-13-21(17-25(24)35-2)14-16-26-32-27-28(33(26)18-22-9-5-3-6-10-22)30-20-31-29(27)36-19-23-11-7-4-8-12-23/h3-17,20H,18-19H2,1-2H3/b16-14+. The Bertz CT molecular complexity index is 1480. The van der Waals surface area contributed by atoms with Crippen LogP contribution in [0.5, 0.6) is 11.5 Å². The van der Waals surface area contributed by atoms with Crippen molar-refractivity contribution in [2.45, 2.75) is 17.3 Å². The Balaban J connectivity index is 1.53. The molecular weight excluding hydrogens is 468 g/mol. The van der Waals surface area contributed by atoms with Gasteiger partial charge in [0.1, 0.15) is 22.7 Å². The molecule has 0 fully saturated rings. The molecule has 7 heteroatoms. The number of hydrogen-bond acceptors (Lipinski definition) is 6. The van der Waals surface area contributed by atoms with E-state index < -0.39 is 0 Å². The molecule has 5 aromatic rings. The first kappa shape index (κ1) is 23.6. The quantitative estimate of drug-likeness (QED) is 0.176. The number of nitrogens with zero attached hydrogens (tertiary/aromatic N) is 4. The molecule has 2 aromatic heterocycles. The number of ether oxygens (including phenoxy) is 2. The van der Waals surface area contributed by atoms with Gasteiger partial charge in [-0.2, -0.15) is 0 Å². The summed E-state index contributed by atoms with van der Waals surface area (Å²) in [5.41, 5.74) is 5.02. The van der Waals surface area contributed by atoms with Crippen LogP contribution in [0, 0.1) is 0 Å². The number of rotatable bonds is 9. The fourth-order valence-electron chi connectivity index (χ4n) is 3.94. The van der Waals surface area contributed by atoms with E-state index >= 15 is 0 Å². The normalized spacial score (nSPS) is 11.3. The molecule has 3 aromatic carbocycles. The third-order valence-corrected chi connectivity index (χ3v) is 6.81. The first-order chi connectivity index (χ1) is 17.7. The van der Waals surface area contributed by atoms with Crippen LogP contribution in [0.3, 0.4) is 0 Å². The Labute approximate surface area is 214 Å². The first-order valence-electron chi connectivity index (χ1n) is 11.6. The Morgan fingerprint density at radius 2 is 1.53 bits per heavy atom. The number of imidazole rings is 1. The maximum absolute atomic E-state index is 5.46. The molecule has 0 saturated heterocycles. The highest BCUT2D eigenvalue weighted by Crippen LogP contribution is 2.30. The van der Waals surface area contributed by atoms with Gasteiger partial charge in [-0.3, -0.25) is 0 Å². The van der Waals surface area contributed by atoms with Crippen molar-refractivity contribution in [2.75, 3.05) is 14.2 Å². The number of thioether (sulfide) groups is 1. The summed E-state index contributed by atoms with van der Waals surface area (Å²) in [6, 6.07) is 26.5. The van der Waals surface area contributed by atoms with E-state index in [0.717, 1.165) is 33.3 Å². The van der Waals surface area contributed by atoms with Gasteiger partial charge in [0, 0.05) is 5.75 Å². The fraction of sp³-hybridized carbons (Fsp3) is 0.138. The molecule has 180 valence electrons. The van der Waals surface area contributed by atoms with Crippen LogP contribution >= 0.6 is 11.8 Å². The molecule has 5 rings (SSSR count). The van der Waals surface area contributed by atoms with Gasteiger partial charge in [-0.1, -0.05) is 84.6 Å². The highest BCUT2D eigenvalue weighted by molar-refractivity contribution is 7.98. The zero-order chi connectivity index (χ0) is 24.7. The summed E-state index contributed by atoms with van der Waals surface area (Å²) >= 11 is 1.67. The van der Waals surface area contributed by atoms with Gasteiger partial charge in [0.15, 0.2) is 17.1 Å². The summed E-state index contributed by atoms with van der Waals surface area (Å²) in [6.45, 7) is 0.656. The number of hydrogen-bond donors (Lipinski definition) is 0. The van der Waals surface area contributed by atoms with E-state index in [1.54, 1.807) is 32.3 Å². The summed E-state index contributed by atoms with van der Waals surface area (Å²) in [5, 5.41) is 0.872. The average molecular weight is 495 g/mol. The molecule has 36 heavy (non-hydrogen) atoms. The average Bonchev–Trinajstić information content (AvgIpc) is 3.29. The second kappa shape index (κ2) is 11.1. The predicted molar refractivity (Wildman–Crippen MR) is 145 cm³/mol. The molecule has 0 saturated carbocycles. The number of benzene rings is 3. The summed E-state index contributed by atoms with van der Waals surface area (Å²) in [7, 11) is 3.27. The summed E-state index contributed by atoms with van der Waals surface area (Å²) in [5.74, 6) is 3.00. The maximum Gasteiger partial charge on any atom is 0.165 e. The van der Waals surface area contributed by atoms with Crippen molar-refractivity contribution in [3.05, 3.63) is 108 Å². The Morgan fingerprint density at radius 1 is 0.806 bits per heavy atom. The van der Waals surface area contributed by atoms with Crippen LogP contribution in [0.1, 0.15) is 22.5 Å². The molecular formula is C29H26N4O2S. The van der Waals surface area contributed by atoms with Crippen molar-refractivity contribution < 1.29 is 9.47 Å². The zero-order valence-electron chi connectivity index (χ0n) is 20.2. The van der Waals surface area contributed by atoms with E-state index in [2.05, 4.69) is 50.9 Å². The second-order valence-corrected chi connectivity index (χ2v) is 9.08. The van der Waals surface area contributed by atoms with Gasteiger partial charge in [0.2, 0.25) is 0 Å². The zero-order valence-corrected chi connectivity index (χ0v) is 21.0. The molecule has 0 N–H and O–H groups in total. The minimum atomic E-state index is 0.656. The molecule has 2 heterocycles. The maximum atomic E-state index is 5.46. The van der Waals surface area contributed by atoms with Crippen molar-refractivity contribution in [2.24, 2.45) is 0 Å². The Morgan fingerprint density at radius 3 is 2.25 bits per heavy atom. The lowest BCUT2D eigenvalue weighted by atomic mass is 10.2. The molecule has 0 spiro atoms. The van der Waals surface area contributed by atoms with Gasteiger partial charge in [0.05, 0.1) is 20.8 Å². The lowest BCUT2D eigenvalue weighted by Crippen LogP contribution is -2.03. The van der Waals surface area contributed by atoms with Crippen molar-refractivity contribution in [3.63, 3.8) is 0 Å². The fourth-order valence-corrected chi connectivity index (χ4v) is 4.83. The number of methoxy groups -OCH3 is 2. The number of fused-ring (bicyclic) bond motifs is 1. The van der Waals surface area contributed by atoms with E-state index in [1.807, 2.05) is 54.6 Å². The largest absolute Gasteiger partial charge is 0.493 e. The highest BCUT2D eigenvalue weighted by Gasteiger charge is 2.15. The molecule has 6 nitrogen and oxygen atoms in total. The van der Waals surface area contributed by atoms with Crippen LogP contribution in [-0.2, 0) is 12.3 Å². The van der Waals surface area contributed by atoms with Gasteiger partial charge in [-0.25, -0.2) is 15.0 Å². The lowest BCUT2D eigenvalue weighted by molar-refractivity contribution is 0.355. The van der Waals surface area contributed by atoms with Crippen LogP contribution in [0.15, 0.2) is 90.2 Å². The van der Waals surface area contributed by atoms with E-state index in [4.69, 9.17) is 14.5 Å². The van der Waals surface area contributed by atoms with Crippen molar-refractivity contribution in [1.82, 2.24) is 19.5 Å². The van der Waals surface area contributed by atoms with Crippen LogP contribution < -0.4 is 9.47 Å². The van der Waals surface area contributed by atoms with Gasteiger partial charge in [-0.05, 0) is 34.9 Å². The topological polar surface area (TPSA) is 62.1 Å². The minimum Gasteiger partial charge on any atom is -0.493 e. The molecule has 0 bridgehead atoms. The summed E-state index contributed by atoms with van der Waals surface area (Å²) in [4.78, 5) is 14.2. The van der Waals surface area contributed by atoms with Crippen LogP contribution in [0.2, 0.25) is 0 Å². The van der Waals surface area contributed by atoms with Crippen LogP contribution in [-0.4, -0.2) is 33.7 Å². The molecule has 0 atom stereocenters. The van der Waals surface area contributed by atoms with Crippen molar-refractivity contribution in [1.29, 1.82) is 0 Å². The molecule has 0 aliphatic rings. The van der Waals surface area contributed by atoms with Crippen LogP contribution in [0.4, 0.5) is 0 Å². The van der Waals surface area contributed by atoms with Gasteiger partial charge >= 0.3 is 0 Å². The van der Waals surface area contributed by atoms with Crippen LogP contribution in [0.25, 0.3) is 23.3 Å². The Kier molecular flexibility index (Phi) is 7.28. The molecule has 0 radical (unpaired) electrons. The first-order valence-corrected chi connectivity index (χ1v) is 12.6. The Hall–Kier alpha value is -4.10. The van der Waals surface area contributed by atoms with Crippen molar-refractivity contribution >= 4 is 35.1 Å². The molecule has 0 unspecified atom stereocenters.